The molecular formula is C38H35ClF4N8O2S. The molecule has 0 radical (unpaired) electrons. The van der Waals surface area contributed by atoms with Gasteiger partial charge in [0.2, 0.25) is 0 Å². The van der Waals surface area contributed by atoms with Crippen molar-refractivity contribution < 1.29 is 27.0 Å². The largest absolute Gasteiger partial charge is 0.489 e. The number of nitrogen functional groups attached to an aromatic ring is 1. The summed E-state index contributed by atoms with van der Waals surface area (Å²) >= 11 is 8.19. The molecule has 2 unspecified atom stereocenters. The van der Waals surface area contributed by atoms with Crippen LogP contribution in [0.25, 0.3) is 32.1 Å². The molecule has 0 amide bonds. The molecule has 5 aromatic rings. The Balaban J connectivity index is 1.35. The number of ether oxygens (including phenoxy) is 2. The lowest BCUT2D eigenvalue weighted by molar-refractivity contribution is 0.108. The Bertz CT molecular complexity index is 2420. The van der Waals surface area contributed by atoms with E-state index in [0.717, 1.165) is 17.8 Å². The molecule has 3 aromatic heterocycles. The van der Waals surface area contributed by atoms with Gasteiger partial charge in [-0.1, -0.05) is 23.7 Å². The average Bonchev–Trinajstić information content (AvgIpc) is 3.78. The second kappa shape index (κ2) is 13.7. The summed E-state index contributed by atoms with van der Waals surface area (Å²) in [7, 11) is 0. The highest BCUT2D eigenvalue weighted by Gasteiger charge is 2.48. The van der Waals surface area contributed by atoms with Crippen molar-refractivity contribution in [3.05, 3.63) is 69.9 Å². The number of thiophene rings is 1. The Labute approximate surface area is 317 Å². The van der Waals surface area contributed by atoms with Crippen LogP contribution in [0.4, 0.5) is 34.2 Å². The van der Waals surface area contributed by atoms with E-state index in [-0.39, 0.29) is 105 Å². The first-order valence-corrected chi connectivity index (χ1v) is 18.8. The summed E-state index contributed by atoms with van der Waals surface area (Å²) in [6.07, 6.45) is 1.49. The fourth-order valence-electron chi connectivity index (χ4n) is 8.07. The molecule has 2 atom stereocenters. The lowest BCUT2D eigenvalue weighted by Gasteiger charge is -2.32. The number of fused-ring (bicyclic) bond motifs is 2. The Kier molecular flexibility index (Phi) is 9.18. The number of rotatable bonds is 8. The summed E-state index contributed by atoms with van der Waals surface area (Å²) in [5, 5.41) is 14.2. The van der Waals surface area contributed by atoms with E-state index >= 15 is 8.78 Å². The van der Waals surface area contributed by atoms with Gasteiger partial charge in [-0.15, -0.1) is 11.3 Å². The summed E-state index contributed by atoms with van der Waals surface area (Å²) in [5.74, 6) is -0.767. The molecule has 2 fully saturated rings. The molecule has 0 aliphatic carbocycles. The lowest BCUT2D eigenvalue weighted by Crippen LogP contribution is -2.43. The normalized spacial score (nSPS) is 18.9. The fraction of sp³-hybridized carbons (Fsp3) is 0.368. The SMILES string of the molecule is CC(C)Nc1sc2c(F)ccc(-c3c(Cl)c4c5c(nc(OCC67CCCN6CC(=C(F)F)C7)nc5c3F)N(C(C)c3cccnc3N)CCO4)c2c1C#N. The van der Waals surface area contributed by atoms with Crippen molar-refractivity contribution >= 4 is 60.6 Å². The minimum Gasteiger partial charge on any atom is -0.489 e. The van der Waals surface area contributed by atoms with Crippen LogP contribution in [0.3, 0.4) is 0 Å². The standard InChI is InChI=1S/C38H35ClF4N8O2S/c1-18(2)47-36-23(15-44)25-22(7-8-24(40)32(25)54-36)26-28(39)31-27-30(29(26)41)48-37(53-17-38-9-5-11-50(38)16-20(14-38)33(42)43)49-35(27)51(12-13-52-31)19(3)21-6-4-10-46-34(21)45/h4,6-8,10,18-19,47H,5,9,11-14,16-17H2,1-3H3,(H2,45,46). The van der Waals surface area contributed by atoms with Crippen molar-refractivity contribution in [1.29, 1.82) is 5.26 Å². The second-order valence-corrected chi connectivity index (χ2v) is 15.6. The van der Waals surface area contributed by atoms with Gasteiger partial charge in [0.05, 0.1) is 38.8 Å². The highest BCUT2D eigenvalue weighted by atomic mass is 35.5. The van der Waals surface area contributed by atoms with Crippen LogP contribution < -0.4 is 25.4 Å². The third kappa shape index (κ3) is 5.82. The maximum absolute atomic E-state index is 17.5. The summed E-state index contributed by atoms with van der Waals surface area (Å²) in [5.41, 5.74) is 6.40. The van der Waals surface area contributed by atoms with E-state index in [1.54, 1.807) is 12.3 Å². The molecule has 0 spiro atoms. The Morgan fingerprint density at radius 3 is 2.74 bits per heavy atom. The molecule has 54 heavy (non-hydrogen) atoms. The van der Waals surface area contributed by atoms with Crippen molar-refractivity contribution in [3.8, 4) is 29.0 Å². The highest BCUT2D eigenvalue weighted by Crippen LogP contribution is 2.52. The molecule has 0 saturated carbocycles. The zero-order valence-corrected chi connectivity index (χ0v) is 31.1. The molecular weight excluding hydrogens is 744 g/mol. The van der Waals surface area contributed by atoms with Gasteiger partial charge in [-0.3, -0.25) is 4.90 Å². The van der Waals surface area contributed by atoms with Crippen molar-refractivity contribution in [3.63, 3.8) is 0 Å². The Morgan fingerprint density at radius 2 is 2.00 bits per heavy atom. The zero-order valence-electron chi connectivity index (χ0n) is 29.6. The highest BCUT2D eigenvalue weighted by molar-refractivity contribution is 7.23. The van der Waals surface area contributed by atoms with Crippen molar-refractivity contribution in [2.75, 3.05) is 48.8 Å². The number of aromatic nitrogens is 3. The van der Waals surface area contributed by atoms with E-state index < -0.39 is 29.3 Å². The van der Waals surface area contributed by atoms with Crippen molar-refractivity contribution in [2.24, 2.45) is 0 Å². The number of nitrogens with two attached hydrogens (primary N) is 1. The van der Waals surface area contributed by atoms with E-state index in [1.807, 2.05) is 36.6 Å². The van der Waals surface area contributed by atoms with Gasteiger partial charge in [0.15, 0.2) is 11.6 Å². The number of nitriles is 1. The minimum atomic E-state index is -1.68. The van der Waals surface area contributed by atoms with Gasteiger partial charge >= 0.3 is 6.01 Å². The number of hydrogen-bond donors (Lipinski definition) is 2. The average molecular weight is 779 g/mol. The van der Waals surface area contributed by atoms with Gasteiger partial charge in [-0.25, -0.2) is 13.8 Å². The first-order valence-electron chi connectivity index (χ1n) is 17.6. The minimum absolute atomic E-state index is 0.00407. The van der Waals surface area contributed by atoms with Crippen LogP contribution in [0.15, 0.2) is 42.1 Å². The van der Waals surface area contributed by atoms with Crippen LogP contribution in [0.1, 0.15) is 57.2 Å². The summed E-state index contributed by atoms with van der Waals surface area (Å²) in [4.78, 5) is 17.6. The van der Waals surface area contributed by atoms with Gasteiger partial charge in [0, 0.05) is 40.9 Å². The van der Waals surface area contributed by atoms with E-state index in [1.165, 1.54) is 12.1 Å². The van der Waals surface area contributed by atoms with Gasteiger partial charge in [-0.2, -0.15) is 24.0 Å². The van der Waals surface area contributed by atoms with E-state index in [2.05, 4.69) is 21.4 Å². The van der Waals surface area contributed by atoms with Crippen molar-refractivity contribution in [2.45, 2.75) is 57.7 Å². The van der Waals surface area contributed by atoms with Crippen molar-refractivity contribution in [1.82, 2.24) is 19.9 Å². The zero-order chi connectivity index (χ0) is 38.1. The van der Waals surface area contributed by atoms with Gasteiger partial charge < -0.3 is 25.4 Å². The number of anilines is 3. The molecule has 3 N–H and O–H groups in total. The molecule has 16 heteroatoms. The van der Waals surface area contributed by atoms with Crippen LogP contribution in [0.5, 0.6) is 11.8 Å². The number of halogens is 5. The first kappa shape index (κ1) is 36.1. The van der Waals surface area contributed by atoms with Gasteiger partial charge in [0.1, 0.15) is 47.3 Å². The molecule has 10 nitrogen and oxygen atoms in total. The quantitative estimate of drug-likeness (QED) is 0.148. The molecule has 2 saturated heterocycles. The second-order valence-electron chi connectivity index (χ2n) is 14.2. The smallest absolute Gasteiger partial charge is 0.319 e. The van der Waals surface area contributed by atoms with E-state index in [4.69, 9.17) is 31.8 Å². The lowest BCUT2D eigenvalue weighted by atomic mass is 9.94. The van der Waals surface area contributed by atoms with E-state index in [9.17, 15) is 14.0 Å². The van der Waals surface area contributed by atoms with Crippen LogP contribution in [0.2, 0.25) is 5.02 Å². The molecule has 280 valence electrons. The fourth-order valence-corrected chi connectivity index (χ4v) is 9.64. The third-order valence-corrected chi connectivity index (χ3v) is 12.1. The van der Waals surface area contributed by atoms with Gasteiger partial charge in [-0.05, 0) is 64.3 Å². The number of benzene rings is 2. The number of nitrogens with zero attached hydrogens (tertiary/aromatic N) is 6. The van der Waals surface area contributed by atoms with Crippen LogP contribution in [-0.4, -0.2) is 64.3 Å². The van der Waals surface area contributed by atoms with Gasteiger partial charge in [0.25, 0.3) is 6.08 Å². The molecule has 3 aliphatic heterocycles. The third-order valence-electron chi connectivity index (χ3n) is 10.6. The Morgan fingerprint density at radius 1 is 1.19 bits per heavy atom. The van der Waals surface area contributed by atoms with Crippen LogP contribution in [0, 0.1) is 23.0 Å². The summed E-state index contributed by atoms with van der Waals surface area (Å²) in [6.45, 7) is 6.85. The molecule has 0 bridgehead atoms. The monoisotopic (exact) mass is 778 g/mol. The topological polar surface area (TPSA) is 125 Å². The maximum Gasteiger partial charge on any atom is 0.319 e. The molecule has 2 aromatic carbocycles. The number of hydrogen-bond acceptors (Lipinski definition) is 11. The molecule has 8 rings (SSSR count). The van der Waals surface area contributed by atoms with Crippen LogP contribution >= 0.6 is 22.9 Å². The molecule has 6 heterocycles. The predicted octanol–water partition coefficient (Wildman–Crippen LogP) is 8.84. The number of pyridine rings is 1. The Hall–Kier alpha value is -4.91. The number of nitrogens with one attached hydrogen (secondary N) is 1. The maximum atomic E-state index is 17.5. The predicted molar refractivity (Wildman–Crippen MR) is 202 cm³/mol. The summed E-state index contributed by atoms with van der Waals surface area (Å²) in [6, 6.07) is 7.71. The van der Waals surface area contributed by atoms with Crippen LogP contribution in [-0.2, 0) is 0 Å². The molecule has 3 aliphatic rings. The first-order chi connectivity index (χ1) is 25.9. The van der Waals surface area contributed by atoms with E-state index in [0.29, 0.717) is 29.3 Å². The summed E-state index contributed by atoms with van der Waals surface area (Å²) < 4.78 is 73.2.